The lowest BCUT2D eigenvalue weighted by molar-refractivity contribution is -0.120. The zero-order valence-corrected chi connectivity index (χ0v) is 13.4. The lowest BCUT2D eigenvalue weighted by Gasteiger charge is -2.07. The summed E-state index contributed by atoms with van der Waals surface area (Å²) >= 11 is 0. The zero-order valence-electron chi connectivity index (χ0n) is 13.4. The van der Waals surface area contributed by atoms with E-state index in [0.29, 0.717) is 37.2 Å². The van der Waals surface area contributed by atoms with Crippen molar-refractivity contribution in [1.82, 2.24) is 10.6 Å². The predicted octanol–water partition coefficient (Wildman–Crippen LogP) is 1.87. The van der Waals surface area contributed by atoms with Gasteiger partial charge in [-0.05, 0) is 37.6 Å². The SMILES string of the molecule is CCOC(=O)Oc1ccc(C(=O)NCCCNC(=O)CC)cc1. The van der Waals surface area contributed by atoms with Crippen molar-refractivity contribution in [2.45, 2.75) is 26.7 Å². The average Bonchev–Trinajstić information content (AvgIpc) is 2.55. The molecule has 0 heterocycles. The minimum absolute atomic E-state index is 0.00600. The number of amides is 2. The fourth-order valence-corrected chi connectivity index (χ4v) is 1.66. The summed E-state index contributed by atoms with van der Waals surface area (Å²) in [6.07, 6.45) is 0.326. The van der Waals surface area contributed by atoms with E-state index in [1.54, 1.807) is 26.0 Å². The lowest BCUT2D eigenvalue weighted by Crippen LogP contribution is -2.29. The number of carbonyl (C=O) groups excluding carboxylic acids is 3. The molecule has 1 aromatic rings. The summed E-state index contributed by atoms with van der Waals surface area (Å²) in [6.45, 7) is 4.69. The molecule has 1 rings (SSSR count). The van der Waals surface area contributed by atoms with Crippen LogP contribution in [0.4, 0.5) is 4.79 Å². The van der Waals surface area contributed by atoms with Gasteiger partial charge in [0.15, 0.2) is 0 Å². The maximum atomic E-state index is 11.9. The highest BCUT2D eigenvalue weighted by Gasteiger charge is 2.08. The summed E-state index contributed by atoms with van der Waals surface area (Å²) in [5.41, 5.74) is 0.457. The Balaban J connectivity index is 2.33. The van der Waals surface area contributed by atoms with E-state index >= 15 is 0 Å². The second kappa shape index (κ2) is 10.2. The second-order valence-corrected chi connectivity index (χ2v) is 4.62. The second-order valence-electron chi connectivity index (χ2n) is 4.62. The molecule has 2 N–H and O–H groups in total. The molecule has 0 saturated heterocycles. The molecule has 0 aromatic heterocycles. The van der Waals surface area contributed by atoms with Crippen LogP contribution in [0.3, 0.4) is 0 Å². The number of carbonyl (C=O) groups is 3. The molecule has 0 fully saturated rings. The third-order valence-electron chi connectivity index (χ3n) is 2.86. The number of hydrogen-bond donors (Lipinski definition) is 2. The van der Waals surface area contributed by atoms with Gasteiger partial charge in [0.25, 0.3) is 5.91 Å². The van der Waals surface area contributed by atoms with Crippen molar-refractivity contribution in [3.63, 3.8) is 0 Å². The van der Waals surface area contributed by atoms with Gasteiger partial charge in [0.2, 0.25) is 5.91 Å². The van der Waals surface area contributed by atoms with Crippen LogP contribution in [0, 0.1) is 0 Å². The van der Waals surface area contributed by atoms with Crippen molar-refractivity contribution in [3.05, 3.63) is 29.8 Å². The van der Waals surface area contributed by atoms with Crippen molar-refractivity contribution < 1.29 is 23.9 Å². The molecule has 2 amide bonds. The Morgan fingerprint density at radius 3 is 2.26 bits per heavy atom. The molecular formula is C16H22N2O5. The molecule has 0 aliphatic carbocycles. The first-order valence-electron chi connectivity index (χ1n) is 7.56. The van der Waals surface area contributed by atoms with Crippen molar-refractivity contribution in [1.29, 1.82) is 0 Å². The van der Waals surface area contributed by atoms with Gasteiger partial charge in [-0.2, -0.15) is 0 Å². The first-order chi connectivity index (χ1) is 11.1. The molecular weight excluding hydrogens is 300 g/mol. The fourth-order valence-electron chi connectivity index (χ4n) is 1.66. The van der Waals surface area contributed by atoms with Crippen LogP contribution in [0.1, 0.15) is 37.0 Å². The van der Waals surface area contributed by atoms with Gasteiger partial charge in [0.1, 0.15) is 5.75 Å². The zero-order chi connectivity index (χ0) is 17.1. The first-order valence-corrected chi connectivity index (χ1v) is 7.56. The largest absolute Gasteiger partial charge is 0.513 e. The highest BCUT2D eigenvalue weighted by atomic mass is 16.7. The van der Waals surface area contributed by atoms with Crippen LogP contribution in [0.25, 0.3) is 0 Å². The molecule has 7 nitrogen and oxygen atoms in total. The van der Waals surface area contributed by atoms with Crippen LogP contribution in [0.2, 0.25) is 0 Å². The Bertz CT molecular complexity index is 528. The molecule has 7 heteroatoms. The van der Waals surface area contributed by atoms with E-state index in [1.165, 1.54) is 12.1 Å². The molecule has 0 spiro atoms. The van der Waals surface area contributed by atoms with E-state index in [1.807, 2.05) is 0 Å². The quantitative estimate of drug-likeness (QED) is 0.433. The van der Waals surface area contributed by atoms with Crippen LogP contribution in [-0.2, 0) is 9.53 Å². The topological polar surface area (TPSA) is 93.7 Å². The lowest BCUT2D eigenvalue weighted by atomic mass is 10.2. The summed E-state index contributed by atoms with van der Waals surface area (Å²) in [4.78, 5) is 34.1. The summed E-state index contributed by atoms with van der Waals surface area (Å²) in [5.74, 6) is 0.0743. The van der Waals surface area contributed by atoms with Crippen LogP contribution < -0.4 is 15.4 Å². The van der Waals surface area contributed by atoms with E-state index in [0.717, 1.165) is 0 Å². The normalized spacial score (nSPS) is 9.83. The van der Waals surface area contributed by atoms with Crippen molar-refractivity contribution in [2.24, 2.45) is 0 Å². The highest BCUT2D eigenvalue weighted by molar-refractivity contribution is 5.94. The van der Waals surface area contributed by atoms with Gasteiger partial charge in [0.05, 0.1) is 6.61 Å². The highest BCUT2D eigenvalue weighted by Crippen LogP contribution is 2.12. The number of hydrogen-bond acceptors (Lipinski definition) is 5. The molecule has 0 unspecified atom stereocenters. The van der Waals surface area contributed by atoms with Crippen LogP contribution in [-0.4, -0.2) is 37.7 Å². The van der Waals surface area contributed by atoms with Crippen molar-refractivity contribution >= 4 is 18.0 Å². The maximum absolute atomic E-state index is 11.9. The van der Waals surface area contributed by atoms with Crippen LogP contribution in [0.5, 0.6) is 5.75 Å². The Hall–Kier alpha value is -2.57. The Morgan fingerprint density at radius 1 is 1.00 bits per heavy atom. The molecule has 0 aliphatic rings. The molecule has 0 saturated carbocycles. The third-order valence-corrected chi connectivity index (χ3v) is 2.86. The Morgan fingerprint density at radius 2 is 1.65 bits per heavy atom. The van der Waals surface area contributed by atoms with E-state index in [2.05, 4.69) is 15.4 Å². The van der Waals surface area contributed by atoms with E-state index in [-0.39, 0.29) is 18.4 Å². The van der Waals surface area contributed by atoms with Crippen molar-refractivity contribution in [2.75, 3.05) is 19.7 Å². The standard InChI is InChI=1S/C16H22N2O5/c1-3-14(19)17-10-5-11-18-15(20)12-6-8-13(9-7-12)23-16(21)22-4-2/h6-9H,3-5,10-11H2,1-2H3,(H,17,19)(H,18,20). The van der Waals surface area contributed by atoms with Gasteiger partial charge < -0.3 is 20.1 Å². The number of rotatable bonds is 8. The first kappa shape index (κ1) is 18.5. The Kier molecular flexibility index (Phi) is 8.20. The average molecular weight is 322 g/mol. The minimum atomic E-state index is -0.779. The number of ether oxygens (including phenoxy) is 2. The van der Waals surface area contributed by atoms with Gasteiger partial charge in [-0.3, -0.25) is 9.59 Å². The smallest absolute Gasteiger partial charge is 0.434 e. The van der Waals surface area contributed by atoms with Gasteiger partial charge >= 0.3 is 6.16 Å². The summed E-state index contributed by atoms with van der Waals surface area (Å²) in [7, 11) is 0. The summed E-state index contributed by atoms with van der Waals surface area (Å²) in [6, 6.07) is 6.16. The molecule has 126 valence electrons. The predicted molar refractivity (Wildman–Crippen MR) is 84.3 cm³/mol. The van der Waals surface area contributed by atoms with Gasteiger partial charge in [-0.25, -0.2) is 4.79 Å². The third kappa shape index (κ3) is 7.30. The van der Waals surface area contributed by atoms with Crippen molar-refractivity contribution in [3.8, 4) is 5.75 Å². The van der Waals surface area contributed by atoms with Crippen LogP contribution >= 0.6 is 0 Å². The van der Waals surface area contributed by atoms with Crippen LogP contribution in [0.15, 0.2) is 24.3 Å². The summed E-state index contributed by atoms with van der Waals surface area (Å²) in [5, 5.41) is 5.48. The van der Waals surface area contributed by atoms with Gasteiger partial charge in [-0.1, -0.05) is 6.92 Å². The molecule has 0 atom stereocenters. The Labute approximate surface area is 135 Å². The van der Waals surface area contributed by atoms with E-state index in [4.69, 9.17) is 4.74 Å². The molecule has 0 bridgehead atoms. The summed E-state index contributed by atoms with van der Waals surface area (Å²) < 4.78 is 9.56. The number of benzene rings is 1. The maximum Gasteiger partial charge on any atom is 0.513 e. The minimum Gasteiger partial charge on any atom is -0.434 e. The van der Waals surface area contributed by atoms with Gasteiger partial charge in [0, 0.05) is 25.1 Å². The molecule has 0 aliphatic heterocycles. The molecule has 0 radical (unpaired) electrons. The number of nitrogens with one attached hydrogen (secondary N) is 2. The molecule has 1 aromatic carbocycles. The molecule has 23 heavy (non-hydrogen) atoms. The fraction of sp³-hybridized carbons (Fsp3) is 0.438. The monoisotopic (exact) mass is 322 g/mol. The van der Waals surface area contributed by atoms with E-state index < -0.39 is 6.16 Å². The van der Waals surface area contributed by atoms with Gasteiger partial charge in [-0.15, -0.1) is 0 Å². The van der Waals surface area contributed by atoms with E-state index in [9.17, 15) is 14.4 Å².